The molecule has 0 radical (unpaired) electrons. The molecule has 1 fully saturated rings. The smallest absolute Gasteiger partial charge is 0.462 e. The van der Waals surface area contributed by atoms with Crippen molar-refractivity contribution in [3.05, 3.63) is 97.2 Å². The van der Waals surface area contributed by atoms with Gasteiger partial charge >= 0.3 is 19.8 Å². The summed E-state index contributed by atoms with van der Waals surface area (Å²) in [4.78, 5) is 35.7. The second kappa shape index (κ2) is 39.0. The van der Waals surface area contributed by atoms with Crippen LogP contribution >= 0.6 is 7.82 Å². The van der Waals surface area contributed by atoms with Crippen molar-refractivity contribution in [2.24, 2.45) is 0 Å². The number of unbranched alkanes of at least 4 members (excludes halogenated alkanes) is 9. The summed E-state index contributed by atoms with van der Waals surface area (Å²) in [5.41, 5.74) is 0. The number of carbonyl (C=O) groups excluding carboxylic acids is 2. The molecule has 0 bridgehead atoms. The zero-order chi connectivity index (χ0) is 47.1. The van der Waals surface area contributed by atoms with Crippen LogP contribution in [0.25, 0.3) is 0 Å². The van der Waals surface area contributed by atoms with E-state index in [0.717, 1.165) is 70.6 Å². The van der Waals surface area contributed by atoms with Crippen molar-refractivity contribution in [1.29, 1.82) is 0 Å². The van der Waals surface area contributed by atoms with E-state index in [2.05, 4.69) is 98.9 Å². The summed E-state index contributed by atoms with van der Waals surface area (Å²) >= 11 is 0. The van der Waals surface area contributed by atoms with E-state index in [-0.39, 0.29) is 12.8 Å². The van der Waals surface area contributed by atoms with Gasteiger partial charge in [0.25, 0.3) is 0 Å². The highest BCUT2D eigenvalue weighted by molar-refractivity contribution is 7.47. The van der Waals surface area contributed by atoms with E-state index < -0.39 is 75.7 Å². The molecule has 0 amide bonds. The van der Waals surface area contributed by atoms with Crippen LogP contribution in [0.5, 0.6) is 0 Å². The molecule has 6 N–H and O–H groups in total. The van der Waals surface area contributed by atoms with E-state index in [0.29, 0.717) is 12.8 Å². The average molecular weight is 921 g/mol. The van der Waals surface area contributed by atoms with Crippen molar-refractivity contribution in [3.63, 3.8) is 0 Å². The number of carbonyl (C=O) groups is 2. The summed E-state index contributed by atoms with van der Waals surface area (Å²) < 4.78 is 33.4. The second-order valence-electron chi connectivity index (χ2n) is 15.9. The molecule has 0 heterocycles. The third-order valence-corrected chi connectivity index (χ3v) is 11.2. The van der Waals surface area contributed by atoms with Gasteiger partial charge in [-0.2, -0.15) is 0 Å². The lowest BCUT2D eigenvalue weighted by Crippen LogP contribution is -2.64. The maximum Gasteiger partial charge on any atom is 0.472 e. The first-order valence-corrected chi connectivity index (χ1v) is 25.0. The van der Waals surface area contributed by atoms with Gasteiger partial charge in [-0.05, 0) is 83.5 Å². The molecule has 1 rings (SSSR count). The number of hydrogen-bond donors (Lipinski definition) is 6. The minimum Gasteiger partial charge on any atom is -0.462 e. The Labute approximate surface area is 383 Å². The number of phosphoric acid groups is 1. The number of aliphatic hydroxyl groups is 5. The van der Waals surface area contributed by atoms with Crippen molar-refractivity contribution in [1.82, 2.24) is 0 Å². The van der Waals surface area contributed by atoms with E-state index in [1.807, 2.05) is 12.2 Å². The number of esters is 2. The molecule has 0 saturated heterocycles. The first-order chi connectivity index (χ1) is 30.9. The van der Waals surface area contributed by atoms with E-state index in [1.54, 1.807) is 0 Å². The Morgan fingerprint density at radius 1 is 0.500 bits per heavy atom. The van der Waals surface area contributed by atoms with Gasteiger partial charge in [0.15, 0.2) is 6.10 Å². The number of phosphoric ester groups is 1. The number of ether oxygens (including phenoxy) is 2. The summed E-state index contributed by atoms with van der Waals surface area (Å²) in [7, 11) is -5.15. The van der Waals surface area contributed by atoms with Crippen molar-refractivity contribution in [3.8, 4) is 0 Å². The van der Waals surface area contributed by atoms with Gasteiger partial charge in [0.05, 0.1) is 6.61 Å². The van der Waals surface area contributed by atoms with Crippen molar-refractivity contribution in [2.75, 3.05) is 13.2 Å². The third kappa shape index (κ3) is 30.8. The fourth-order valence-corrected chi connectivity index (χ4v) is 7.37. The highest BCUT2D eigenvalue weighted by Gasteiger charge is 2.51. The number of aliphatic hydroxyl groups excluding tert-OH is 5. The number of allylic oxidation sites excluding steroid dienone is 16. The molecule has 0 aromatic carbocycles. The standard InChI is InChI=1S/C50H81O13P/c1-3-5-7-9-11-13-15-17-18-19-20-21-22-23-24-25-27-28-30-32-34-36-38-43(51)60-40-42(41-61-64(58,59)63-50-48(56)46(54)45(53)47(55)49(50)57)62-44(52)39-37-35-33-31-29-26-16-14-12-10-8-6-4-2/h5,7,11,13,17-18,20-21,23-24,26-29,33,35,42,45-50,53-57H,3-4,6,8-10,12,14-16,19,22,25,30-32,34,36-41H2,1-2H3,(H,58,59)/b7-5+,13-11+,18-17+,21-20+,24-23+,28-27+,29-26+,35-33+/t42?,45?,46-,47?,48?,49?,50?/m0/s1. The maximum absolute atomic E-state index is 12.8. The second-order valence-corrected chi connectivity index (χ2v) is 17.3. The maximum atomic E-state index is 12.8. The largest absolute Gasteiger partial charge is 0.472 e. The Hall–Kier alpha value is -3.23. The van der Waals surface area contributed by atoms with Crippen LogP contribution in [0.4, 0.5) is 0 Å². The molecule has 1 aliphatic carbocycles. The van der Waals surface area contributed by atoms with Crippen molar-refractivity contribution in [2.45, 2.75) is 191 Å². The Bertz CT molecular complexity index is 1480. The minimum absolute atomic E-state index is 0.0228. The Morgan fingerprint density at radius 2 is 0.922 bits per heavy atom. The Morgan fingerprint density at radius 3 is 1.42 bits per heavy atom. The Kier molecular flexibility index (Phi) is 35.8. The lowest BCUT2D eigenvalue weighted by Gasteiger charge is -2.41. The molecule has 0 aromatic heterocycles. The highest BCUT2D eigenvalue weighted by atomic mass is 31.2. The summed E-state index contributed by atoms with van der Waals surface area (Å²) in [5, 5.41) is 50.1. The van der Waals surface area contributed by atoms with E-state index >= 15 is 0 Å². The molecule has 0 aromatic rings. The molecule has 14 heteroatoms. The monoisotopic (exact) mass is 921 g/mol. The SMILES string of the molecule is CC/C=C/C/C=C/C/C=C/C/C=C/C/C=C/C/C=C/CCCCCC(=O)OCC(COP(=O)(O)OC1C(O)C(O)C(O)[C@H](O)C1O)OC(=O)CC/C=C/C/C=C/CCCCCCCC. The molecular formula is C50H81O13P. The van der Waals surface area contributed by atoms with Gasteiger partial charge in [-0.1, -0.05) is 150 Å². The number of hydrogen-bond acceptors (Lipinski definition) is 12. The average Bonchev–Trinajstić information content (AvgIpc) is 3.28. The highest BCUT2D eigenvalue weighted by Crippen LogP contribution is 2.47. The summed E-state index contributed by atoms with van der Waals surface area (Å²) in [6.45, 7) is 3.08. The lowest BCUT2D eigenvalue weighted by atomic mass is 9.85. The summed E-state index contributed by atoms with van der Waals surface area (Å²) in [6, 6.07) is 0. The number of rotatable bonds is 37. The van der Waals surface area contributed by atoms with Gasteiger partial charge in [-0.3, -0.25) is 18.6 Å². The van der Waals surface area contributed by atoms with E-state index in [4.69, 9.17) is 18.5 Å². The van der Waals surface area contributed by atoms with Gasteiger partial charge < -0.3 is 39.9 Å². The van der Waals surface area contributed by atoms with E-state index in [1.165, 1.54) is 38.5 Å². The van der Waals surface area contributed by atoms with Crippen molar-refractivity contribution >= 4 is 19.8 Å². The van der Waals surface area contributed by atoms with Crippen LogP contribution in [0.1, 0.15) is 149 Å². The van der Waals surface area contributed by atoms with Crippen LogP contribution in [0, 0.1) is 0 Å². The van der Waals surface area contributed by atoms with E-state index in [9.17, 15) is 44.6 Å². The molecular weight excluding hydrogens is 840 g/mol. The zero-order valence-electron chi connectivity index (χ0n) is 38.5. The van der Waals surface area contributed by atoms with Crippen molar-refractivity contribution < 1.29 is 63.1 Å². The molecule has 7 unspecified atom stereocenters. The molecule has 1 aliphatic rings. The Balaban J connectivity index is 2.49. The first-order valence-electron chi connectivity index (χ1n) is 23.5. The quantitative estimate of drug-likeness (QED) is 0.0149. The topological polar surface area (TPSA) is 210 Å². The van der Waals surface area contributed by atoms with Crippen LogP contribution in [0.3, 0.4) is 0 Å². The summed E-state index contributed by atoms with van der Waals surface area (Å²) in [6.07, 6.45) is 39.1. The fourth-order valence-electron chi connectivity index (χ4n) is 6.40. The van der Waals surface area contributed by atoms with Gasteiger partial charge in [0, 0.05) is 12.8 Å². The van der Waals surface area contributed by atoms with Crippen LogP contribution < -0.4 is 0 Å². The molecule has 364 valence electrons. The predicted molar refractivity (Wildman–Crippen MR) is 253 cm³/mol. The summed E-state index contributed by atoms with van der Waals surface area (Å²) in [5.74, 6) is -1.23. The third-order valence-electron chi connectivity index (χ3n) is 10.2. The zero-order valence-corrected chi connectivity index (χ0v) is 39.4. The molecule has 0 spiro atoms. The van der Waals surface area contributed by atoms with Crippen LogP contribution in [0.2, 0.25) is 0 Å². The predicted octanol–water partition coefficient (Wildman–Crippen LogP) is 9.44. The molecule has 0 aliphatic heterocycles. The minimum atomic E-state index is -5.15. The molecule has 1 saturated carbocycles. The normalized spacial score (nSPS) is 22.4. The van der Waals surface area contributed by atoms with Gasteiger partial charge in [0.1, 0.15) is 43.2 Å². The molecule has 8 atom stereocenters. The van der Waals surface area contributed by atoms with Crippen LogP contribution in [-0.4, -0.2) is 98.3 Å². The molecule has 13 nitrogen and oxygen atoms in total. The van der Waals surface area contributed by atoms with Gasteiger partial charge in [0.2, 0.25) is 0 Å². The first kappa shape index (κ1) is 58.8. The van der Waals surface area contributed by atoms with Gasteiger partial charge in [-0.15, -0.1) is 0 Å². The van der Waals surface area contributed by atoms with Crippen LogP contribution in [-0.2, 0) is 32.7 Å². The molecule has 64 heavy (non-hydrogen) atoms. The van der Waals surface area contributed by atoms with Gasteiger partial charge in [-0.25, -0.2) is 4.57 Å². The lowest BCUT2D eigenvalue weighted by molar-refractivity contribution is -0.220. The van der Waals surface area contributed by atoms with Crippen LogP contribution in [0.15, 0.2) is 97.2 Å². The fraction of sp³-hybridized carbons (Fsp3) is 0.640.